The summed E-state index contributed by atoms with van der Waals surface area (Å²) in [7, 11) is 0. The Balaban J connectivity index is 2.25. The molecule has 3 N–H and O–H groups in total. The van der Waals surface area contributed by atoms with E-state index < -0.39 is 17.9 Å². The van der Waals surface area contributed by atoms with E-state index in [2.05, 4.69) is 24.5 Å². The minimum Gasteiger partial charge on any atom is -0.481 e. The van der Waals surface area contributed by atoms with Crippen molar-refractivity contribution in [3.63, 3.8) is 0 Å². The zero-order valence-electron chi connectivity index (χ0n) is 12.4. The minimum atomic E-state index is -0.942. The van der Waals surface area contributed by atoms with Gasteiger partial charge in [-0.15, -0.1) is 0 Å². The average molecular weight is 284 g/mol. The second kappa shape index (κ2) is 6.72. The van der Waals surface area contributed by atoms with E-state index in [0.29, 0.717) is 12.5 Å². The third kappa shape index (κ3) is 5.19. The molecule has 0 aromatic heterocycles. The number of nitrogens with one attached hydrogen (secondary N) is 2. The van der Waals surface area contributed by atoms with Crippen LogP contribution in [0.1, 0.15) is 46.5 Å². The van der Waals surface area contributed by atoms with E-state index in [4.69, 9.17) is 5.11 Å². The van der Waals surface area contributed by atoms with Gasteiger partial charge in [-0.2, -0.15) is 0 Å². The zero-order chi connectivity index (χ0) is 15.3. The topological polar surface area (TPSA) is 95.5 Å². The van der Waals surface area contributed by atoms with E-state index in [-0.39, 0.29) is 24.2 Å². The van der Waals surface area contributed by atoms with Crippen LogP contribution in [0, 0.1) is 17.3 Å². The number of carboxylic acid groups (broad SMARTS) is 1. The van der Waals surface area contributed by atoms with Crippen LogP contribution < -0.4 is 10.6 Å². The zero-order valence-corrected chi connectivity index (χ0v) is 12.4. The number of carbonyl (C=O) groups excluding carboxylic acids is 2. The highest BCUT2D eigenvalue weighted by atomic mass is 16.4. The van der Waals surface area contributed by atoms with Crippen LogP contribution in [-0.2, 0) is 9.59 Å². The summed E-state index contributed by atoms with van der Waals surface area (Å²) in [6.45, 7) is 6.51. The molecule has 1 atom stereocenters. The van der Waals surface area contributed by atoms with Crippen LogP contribution in [0.2, 0.25) is 0 Å². The molecule has 6 nitrogen and oxygen atoms in total. The van der Waals surface area contributed by atoms with Crippen molar-refractivity contribution in [2.24, 2.45) is 17.3 Å². The molecular formula is C14H24N2O4. The third-order valence-corrected chi connectivity index (χ3v) is 4.03. The highest BCUT2D eigenvalue weighted by molar-refractivity contribution is 5.94. The van der Waals surface area contributed by atoms with Crippen LogP contribution in [0.25, 0.3) is 0 Å². The summed E-state index contributed by atoms with van der Waals surface area (Å²) in [4.78, 5) is 33.6. The summed E-state index contributed by atoms with van der Waals surface area (Å²) in [5.41, 5.74) is 0.191. The van der Waals surface area contributed by atoms with Crippen molar-refractivity contribution in [1.29, 1.82) is 0 Å². The van der Waals surface area contributed by atoms with E-state index >= 15 is 0 Å². The maximum Gasteiger partial charge on any atom is 0.321 e. The van der Waals surface area contributed by atoms with Gasteiger partial charge >= 0.3 is 12.0 Å². The van der Waals surface area contributed by atoms with Gasteiger partial charge in [0.15, 0.2) is 0 Å². The molecule has 0 radical (unpaired) electrons. The normalized spacial score (nSPS) is 17.4. The van der Waals surface area contributed by atoms with Crippen molar-refractivity contribution in [3.8, 4) is 0 Å². The van der Waals surface area contributed by atoms with Crippen LogP contribution >= 0.6 is 0 Å². The fourth-order valence-electron chi connectivity index (χ4n) is 2.28. The number of carbonyl (C=O) groups is 3. The molecule has 1 unspecified atom stereocenters. The van der Waals surface area contributed by atoms with Crippen molar-refractivity contribution in [1.82, 2.24) is 10.6 Å². The largest absolute Gasteiger partial charge is 0.481 e. The molecule has 1 aliphatic rings. The van der Waals surface area contributed by atoms with Gasteiger partial charge in [-0.3, -0.25) is 14.9 Å². The van der Waals surface area contributed by atoms with E-state index in [9.17, 15) is 14.4 Å². The molecule has 0 bridgehead atoms. The summed E-state index contributed by atoms with van der Waals surface area (Å²) < 4.78 is 0. The Hall–Kier alpha value is -1.59. The molecule has 6 heteroatoms. The van der Waals surface area contributed by atoms with Crippen LogP contribution in [0.3, 0.4) is 0 Å². The predicted molar refractivity (Wildman–Crippen MR) is 74.1 cm³/mol. The van der Waals surface area contributed by atoms with Gasteiger partial charge in [0.1, 0.15) is 0 Å². The van der Waals surface area contributed by atoms with Crippen molar-refractivity contribution in [2.45, 2.75) is 46.5 Å². The number of hydrogen-bond acceptors (Lipinski definition) is 3. The van der Waals surface area contributed by atoms with Crippen LogP contribution in [0.15, 0.2) is 0 Å². The Kier molecular flexibility index (Phi) is 5.53. The number of amides is 3. The second-order valence-electron chi connectivity index (χ2n) is 6.16. The van der Waals surface area contributed by atoms with Crippen molar-refractivity contribution in [2.75, 3.05) is 6.54 Å². The molecule has 1 fully saturated rings. The molecule has 0 heterocycles. The molecule has 0 aliphatic heterocycles. The van der Waals surface area contributed by atoms with Gasteiger partial charge in [0.05, 0.1) is 0 Å². The predicted octanol–water partition coefficient (Wildman–Crippen LogP) is 1.75. The van der Waals surface area contributed by atoms with Gasteiger partial charge in [0, 0.05) is 19.4 Å². The SMILES string of the molecule is CC(CC(=O)O)CC(=O)NC(=O)NCC1(C(C)C)CC1. The summed E-state index contributed by atoms with van der Waals surface area (Å²) in [5, 5.41) is 13.6. The number of rotatable bonds is 7. The summed E-state index contributed by atoms with van der Waals surface area (Å²) >= 11 is 0. The molecule has 114 valence electrons. The first-order valence-electron chi connectivity index (χ1n) is 7.04. The molecule has 20 heavy (non-hydrogen) atoms. The number of carboxylic acids is 1. The lowest BCUT2D eigenvalue weighted by Gasteiger charge is -2.20. The quantitative estimate of drug-likeness (QED) is 0.663. The van der Waals surface area contributed by atoms with Crippen molar-refractivity contribution in [3.05, 3.63) is 0 Å². The molecule has 0 saturated heterocycles. The van der Waals surface area contributed by atoms with Gasteiger partial charge in [0.25, 0.3) is 0 Å². The maximum atomic E-state index is 11.6. The fourth-order valence-corrected chi connectivity index (χ4v) is 2.28. The molecular weight excluding hydrogens is 260 g/mol. The van der Waals surface area contributed by atoms with Crippen LogP contribution in [-0.4, -0.2) is 29.6 Å². The highest BCUT2D eigenvalue weighted by Gasteiger charge is 2.45. The molecule has 1 saturated carbocycles. The van der Waals surface area contributed by atoms with Crippen molar-refractivity contribution < 1.29 is 19.5 Å². The summed E-state index contributed by atoms with van der Waals surface area (Å²) in [6.07, 6.45) is 2.17. The highest BCUT2D eigenvalue weighted by Crippen LogP contribution is 2.51. The monoisotopic (exact) mass is 284 g/mol. The Morgan fingerprint density at radius 1 is 1.15 bits per heavy atom. The number of hydrogen-bond donors (Lipinski definition) is 3. The van der Waals surface area contributed by atoms with Crippen molar-refractivity contribution >= 4 is 17.9 Å². The first-order valence-corrected chi connectivity index (χ1v) is 7.04. The molecule has 3 amide bonds. The van der Waals surface area contributed by atoms with E-state index in [1.807, 2.05) is 0 Å². The Labute approximate surface area is 119 Å². The van der Waals surface area contributed by atoms with Gasteiger partial charge in [-0.25, -0.2) is 4.79 Å². The Morgan fingerprint density at radius 3 is 2.20 bits per heavy atom. The Morgan fingerprint density at radius 2 is 1.75 bits per heavy atom. The van der Waals surface area contributed by atoms with E-state index in [1.165, 1.54) is 0 Å². The molecule has 1 aliphatic carbocycles. The van der Waals surface area contributed by atoms with E-state index in [1.54, 1.807) is 6.92 Å². The number of imide groups is 1. The lowest BCUT2D eigenvalue weighted by atomic mass is 9.92. The van der Waals surface area contributed by atoms with Crippen LogP contribution in [0.4, 0.5) is 4.79 Å². The van der Waals surface area contributed by atoms with Gasteiger partial charge in [-0.05, 0) is 30.1 Å². The molecule has 0 spiro atoms. The third-order valence-electron chi connectivity index (χ3n) is 4.03. The molecule has 1 rings (SSSR count). The summed E-state index contributed by atoms with van der Waals surface area (Å²) in [6, 6.07) is -0.496. The van der Waals surface area contributed by atoms with Gasteiger partial charge in [0.2, 0.25) is 5.91 Å². The first-order chi connectivity index (χ1) is 9.25. The van der Waals surface area contributed by atoms with E-state index in [0.717, 1.165) is 12.8 Å². The summed E-state index contributed by atoms with van der Waals surface area (Å²) in [5.74, 6) is -1.16. The second-order valence-corrected chi connectivity index (χ2v) is 6.16. The average Bonchev–Trinajstić information content (AvgIpc) is 3.05. The van der Waals surface area contributed by atoms with Gasteiger partial charge < -0.3 is 10.4 Å². The number of aliphatic carboxylic acids is 1. The lowest BCUT2D eigenvalue weighted by molar-refractivity contribution is -0.138. The smallest absolute Gasteiger partial charge is 0.321 e. The first kappa shape index (κ1) is 16.5. The number of urea groups is 1. The fraction of sp³-hybridized carbons (Fsp3) is 0.786. The van der Waals surface area contributed by atoms with Crippen LogP contribution in [0.5, 0.6) is 0 Å². The standard InChI is InChI=1S/C14H24N2O4/c1-9(2)14(4-5-14)8-15-13(20)16-11(17)6-10(3)7-12(18)19/h9-10H,4-8H2,1-3H3,(H,18,19)(H2,15,16,17,20). The molecule has 0 aromatic carbocycles. The minimum absolute atomic E-state index is 0.0367. The Bertz CT molecular complexity index is 389. The lowest BCUT2D eigenvalue weighted by Crippen LogP contribution is -2.43. The maximum absolute atomic E-state index is 11.6. The van der Waals surface area contributed by atoms with Gasteiger partial charge in [-0.1, -0.05) is 20.8 Å². The molecule has 0 aromatic rings.